The highest BCUT2D eigenvalue weighted by Gasteiger charge is 2.50. The number of nitrogens with zero attached hydrogens (tertiary/aromatic N) is 1. The van der Waals surface area contributed by atoms with Crippen molar-refractivity contribution >= 4 is 17.5 Å². The molecule has 0 saturated heterocycles. The van der Waals surface area contributed by atoms with Gasteiger partial charge in [0.15, 0.2) is 0 Å². The first-order valence-corrected chi connectivity index (χ1v) is 11.0. The first-order chi connectivity index (χ1) is 15.3. The van der Waals surface area contributed by atoms with Gasteiger partial charge in [-0.3, -0.25) is 14.6 Å². The Kier molecular flexibility index (Phi) is 4.66. The molecule has 5 rings (SSSR count). The fourth-order valence-electron chi connectivity index (χ4n) is 4.81. The highest BCUT2D eigenvalue weighted by atomic mass is 16.2. The van der Waals surface area contributed by atoms with E-state index in [1.165, 1.54) is 5.56 Å². The van der Waals surface area contributed by atoms with Gasteiger partial charge in [-0.1, -0.05) is 63.2 Å². The Balaban J connectivity index is 1.31. The lowest BCUT2D eigenvalue weighted by Gasteiger charge is -2.20. The highest BCUT2D eigenvalue weighted by Crippen LogP contribution is 2.47. The van der Waals surface area contributed by atoms with Crippen molar-refractivity contribution in [3.63, 3.8) is 0 Å². The number of para-hydroxylation sites is 1. The molecule has 1 spiro atoms. The van der Waals surface area contributed by atoms with E-state index in [2.05, 4.69) is 60.7 Å². The molecule has 1 aliphatic carbocycles. The largest absolute Gasteiger partial charge is 0.347 e. The van der Waals surface area contributed by atoms with Gasteiger partial charge in [0.1, 0.15) is 5.69 Å². The Bertz CT molecular complexity index is 1220. The van der Waals surface area contributed by atoms with Gasteiger partial charge in [0.2, 0.25) is 5.91 Å². The first-order valence-electron chi connectivity index (χ1n) is 11.0. The Labute approximate surface area is 188 Å². The average molecular weight is 426 g/mol. The molecule has 0 saturated carbocycles. The van der Waals surface area contributed by atoms with E-state index in [0.717, 1.165) is 27.9 Å². The number of hydrogen-bond donors (Lipinski definition) is 2. The van der Waals surface area contributed by atoms with Crippen molar-refractivity contribution in [2.45, 2.75) is 51.0 Å². The molecule has 2 amide bonds. The minimum Gasteiger partial charge on any atom is -0.347 e. The second-order valence-corrected chi connectivity index (χ2v) is 9.90. The van der Waals surface area contributed by atoms with Crippen molar-refractivity contribution in [2.75, 3.05) is 5.32 Å². The molecule has 5 heteroatoms. The molecule has 5 nitrogen and oxygen atoms in total. The molecule has 1 aliphatic heterocycles. The van der Waals surface area contributed by atoms with E-state index in [1.807, 2.05) is 30.3 Å². The molecular formula is C27H27N3O2. The molecule has 32 heavy (non-hydrogen) atoms. The zero-order valence-electron chi connectivity index (χ0n) is 18.7. The summed E-state index contributed by atoms with van der Waals surface area (Å²) in [6, 6.07) is 18.0. The number of carbonyl (C=O) groups is 2. The molecule has 162 valence electrons. The van der Waals surface area contributed by atoms with E-state index in [0.29, 0.717) is 25.1 Å². The summed E-state index contributed by atoms with van der Waals surface area (Å²) in [6.07, 6.45) is 2.95. The van der Waals surface area contributed by atoms with Gasteiger partial charge >= 0.3 is 0 Å². The maximum atomic E-state index is 12.9. The quantitative estimate of drug-likeness (QED) is 0.657. The van der Waals surface area contributed by atoms with Gasteiger partial charge in [0, 0.05) is 18.4 Å². The summed E-state index contributed by atoms with van der Waals surface area (Å²) in [7, 11) is 0. The van der Waals surface area contributed by atoms with E-state index in [9.17, 15) is 9.59 Å². The Morgan fingerprint density at radius 1 is 1.06 bits per heavy atom. The summed E-state index contributed by atoms with van der Waals surface area (Å²) in [6.45, 7) is 6.99. The molecule has 0 bridgehead atoms. The molecule has 0 radical (unpaired) electrons. The van der Waals surface area contributed by atoms with Gasteiger partial charge in [-0.05, 0) is 58.2 Å². The molecule has 2 heterocycles. The van der Waals surface area contributed by atoms with Crippen LogP contribution in [0.2, 0.25) is 0 Å². The van der Waals surface area contributed by atoms with Crippen LogP contribution in [0.15, 0.2) is 60.8 Å². The minimum atomic E-state index is -0.593. The van der Waals surface area contributed by atoms with Crippen molar-refractivity contribution < 1.29 is 9.59 Å². The normalized spacial score (nSPS) is 18.9. The lowest BCUT2D eigenvalue weighted by Crippen LogP contribution is -2.35. The number of pyridine rings is 1. The summed E-state index contributed by atoms with van der Waals surface area (Å²) in [5.41, 5.74) is 6.18. The number of nitrogens with one attached hydrogen (secondary N) is 2. The van der Waals surface area contributed by atoms with Crippen LogP contribution in [0.1, 0.15) is 59.1 Å². The maximum Gasteiger partial charge on any atom is 0.270 e. The van der Waals surface area contributed by atoms with Crippen LogP contribution in [0.3, 0.4) is 0 Å². The topological polar surface area (TPSA) is 71.1 Å². The molecule has 1 aromatic heterocycles. The Hall–Kier alpha value is -3.47. The van der Waals surface area contributed by atoms with Gasteiger partial charge in [0.25, 0.3) is 5.91 Å². The van der Waals surface area contributed by atoms with Gasteiger partial charge in [-0.15, -0.1) is 0 Å². The molecule has 2 aliphatic rings. The fraction of sp³-hybridized carbons (Fsp3) is 0.296. The van der Waals surface area contributed by atoms with Gasteiger partial charge < -0.3 is 10.6 Å². The van der Waals surface area contributed by atoms with Gasteiger partial charge in [-0.25, -0.2) is 0 Å². The molecule has 1 atom stereocenters. The van der Waals surface area contributed by atoms with E-state index in [-0.39, 0.29) is 17.2 Å². The van der Waals surface area contributed by atoms with Crippen LogP contribution in [0.25, 0.3) is 0 Å². The van der Waals surface area contributed by atoms with E-state index < -0.39 is 5.41 Å². The molecule has 0 fully saturated rings. The summed E-state index contributed by atoms with van der Waals surface area (Å²) in [5.74, 6) is -0.176. The summed E-state index contributed by atoms with van der Waals surface area (Å²) >= 11 is 0. The zero-order chi connectivity index (χ0) is 22.5. The second kappa shape index (κ2) is 7.30. The molecular weight excluding hydrogens is 398 g/mol. The van der Waals surface area contributed by atoms with Gasteiger partial charge in [-0.2, -0.15) is 0 Å². The van der Waals surface area contributed by atoms with Crippen molar-refractivity contribution in [3.05, 3.63) is 94.3 Å². The average Bonchev–Trinajstić information content (AvgIpc) is 3.29. The van der Waals surface area contributed by atoms with Crippen molar-refractivity contribution in [1.29, 1.82) is 0 Å². The number of fused-ring (bicyclic) bond motifs is 3. The molecule has 3 aromatic rings. The third kappa shape index (κ3) is 3.38. The van der Waals surface area contributed by atoms with Crippen LogP contribution >= 0.6 is 0 Å². The lowest BCUT2D eigenvalue weighted by atomic mass is 9.79. The summed E-state index contributed by atoms with van der Waals surface area (Å²) in [5, 5.41) is 5.98. The van der Waals surface area contributed by atoms with Crippen LogP contribution in [0, 0.1) is 0 Å². The van der Waals surface area contributed by atoms with Crippen LogP contribution in [-0.2, 0) is 35.0 Å². The predicted molar refractivity (Wildman–Crippen MR) is 125 cm³/mol. The fourth-order valence-corrected chi connectivity index (χ4v) is 4.81. The molecule has 2 aromatic carbocycles. The smallest absolute Gasteiger partial charge is 0.270 e. The molecule has 1 unspecified atom stereocenters. The van der Waals surface area contributed by atoms with Crippen LogP contribution in [0.4, 0.5) is 5.69 Å². The number of benzene rings is 2. The van der Waals surface area contributed by atoms with Crippen molar-refractivity contribution in [1.82, 2.24) is 10.3 Å². The number of hydrogen-bond acceptors (Lipinski definition) is 3. The second-order valence-electron chi connectivity index (χ2n) is 9.90. The number of amides is 2. The Morgan fingerprint density at radius 3 is 2.53 bits per heavy atom. The lowest BCUT2D eigenvalue weighted by molar-refractivity contribution is -0.120. The number of anilines is 1. The van der Waals surface area contributed by atoms with E-state index in [4.69, 9.17) is 0 Å². The monoisotopic (exact) mass is 425 g/mol. The maximum absolute atomic E-state index is 12.9. The predicted octanol–water partition coefficient (Wildman–Crippen LogP) is 4.30. The summed E-state index contributed by atoms with van der Waals surface area (Å²) < 4.78 is 0. The third-order valence-electron chi connectivity index (χ3n) is 6.70. The molecule has 2 N–H and O–H groups in total. The Morgan fingerprint density at radius 2 is 1.78 bits per heavy atom. The van der Waals surface area contributed by atoms with Crippen molar-refractivity contribution in [3.8, 4) is 0 Å². The highest BCUT2D eigenvalue weighted by molar-refractivity contribution is 6.07. The van der Waals surface area contributed by atoms with Gasteiger partial charge in [0.05, 0.1) is 5.41 Å². The third-order valence-corrected chi connectivity index (χ3v) is 6.70. The van der Waals surface area contributed by atoms with Crippen LogP contribution in [-0.4, -0.2) is 16.8 Å². The zero-order valence-corrected chi connectivity index (χ0v) is 18.7. The van der Waals surface area contributed by atoms with E-state index in [1.54, 1.807) is 6.20 Å². The SMILES string of the molecule is CC(C)(C)c1ccc(CNC(=O)c2cc3c(cn2)CC2(C3)C(=O)Nc3ccccc32)cc1. The van der Waals surface area contributed by atoms with Crippen LogP contribution < -0.4 is 10.6 Å². The first kappa shape index (κ1) is 20.4. The number of rotatable bonds is 3. The number of aromatic nitrogens is 1. The van der Waals surface area contributed by atoms with E-state index >= 15 is 0 Å². The van der Waals surface area contributed by atoms with Crippen LogP contribution in [0.5, 0.6) is 0 Å². The van der Waals surface area contributed by atoms with Crippen molar-refractivity contribution in [2.24, 2.45) is 0 Å². The summed E-state index contributed by atoms with van der Waals surface area (Å²) in [4.78, 5) is 30.0. The number of carbonyl (C=O) groups excluding carboxylic acids is 2. The standard InChI is InChI=1S/C27H27N3O2/c1-26(2,3)20-10-8-17(9-11-20)15-29-24(31)23-12-18-13-27(14-19(18)16-28-23)21-6-4-5-7-22(21)30-25(27)32/h4-12,16H,13-15H2,1-3H3,(H,29,31)(H,30,32). The minimum absolute atomic E-state index is 0.0274.